The average molecular weight is 671 g/mol. The van der Waals surface area contributed by atoms with Crippen LogP contribution in [0.1, 0.15) is 49.7 Å². The minimum atomic E-state index is -1.73. The molecule has 5 N–H and O–H groups in total. The number of ether oxygens (including phenoxy) is 1. The molecule has 46 heavy (non-hydrogen) atoms. The minimum absolute atomic E-state index is 0.0319. The molecule has 0 spiro atoms. The number of amides is 1. The van der Waals surface area contributed by atoms with Crippen LogP contribution in [0.2, 0.25) is 5.02 Å². The van der Waals surface area contributed by atoms with Gasteiger partial charge < -0.3 is 35.2 Å². The van der Waals surface area contributed by atoms with Gasteiger partial charge in [-0.25, -0.2) is 0 Å². The lowest BCUT2D eigenvalue weighted by Gasteiger charge is -2.28. The van der Waals surface area contributed by atoms with E-state index in [1.165, 1.54) is 34.8 Å². The normalized spacial score (nSPS) is 18.0. The molecule has 2 fully saturated rings. The van der Waals surface area contributed by atoms with Crippen molar-refractivity contribution in [3.63, 3.8) is 0 Å². The van der Waals surface area contributed by atoms with Gasteiger partial charge in [0.05, 0.1) is 12.7 Å². The number of aryl methyl sites for hydroxylation is 1. The third-order valence-electron chi connectivity index (χ3n) is 8.93. The Morgan fingerprint density at radius 2 is 1.80 bits per heavy atom. The number of thioether (sulfide) groups is 1. The maximum atomic E-state index is 12.7. The van der Waals surface area contributed by atoms with E-state index in [1.54, 1.807) is 0 Å². The molecule has 2 saturated carbocycles. The van der Waals surface area contributed by atoms with E-state index in [4.69, 9.17) is 21.4 Å². The number of likely N-dealkylation sites (N-methyl/N-ethyl adjacent to an activating group) is 1. The lowest BCUT2D eigenvalue weighted by Crippen LogP contribution is -2.50. The van der Waals surface area contributed by atoms with E-state index in [2.05, 4.69) is 35.3 Å². The molecule has 3 aromatic rings. The standard InChI is InChI=1S/C35H43ClN2O7S/c1-38(20-29(40)33(43)34(44)30(41)21-39)32(42)12-17-46-24-8-9-28(36)22(18-24)10-13-35(14-15-35)27-19-37-16-11-25(27)26-4-2-3-5-31(26)45-23-6-7-23/h2-5,8-9,11,16,18-19,23,29-30,33-34,39-41,43-44H,6-7,10,12-15,17,20-21H2,1H3/t29-,30+,33+,34+/m0/s1. The number of benzene rings is 2. The van der Waals surface area contributed by atoms with Crippen molar-refractivity contribution in [2.24, 2.45) is 0 Å². The summed E-state index contributed by atoms with van der Waals surface area (Å²) < 4.78 is 6.25. The number of halogens is 1. The van der Waals surface area contributed by atoms with Crippen molar-refractivity contribution >= 4 is 29.3 Å². The number of carbonyl (C=O) groups excluding carboxylic acids is 1. The summed E-state index contributed by atoms with van der Waals surface area (Å²) in [6.45, 7) is -0.995. The maximum absolute atomic E-state index is 12.7. The van der Waals surface area contributed by atoms with E-state index in [9.17, 15) is 25.2 Å². The van der Waals surface area contributed by atoms with Gasteiger partial charge in [0.1, 0.15) is 30.2 Å². The van der Waals surface area contributed by atoms with Crippen LogP contribution in [0.5, 0.6) is 5.75 Å². The number of carbonyl (C=O) groups is 1. The molecule has 4 atom stereocenters. The molecule has 0 radical (unpaired) electrons. The second-order valence-electron chi connectivity index (χ2n) is 12.4. The lowest BCUT2D eigenvalue weighted by molar-refractivity contribution is -0.137. The molecule has 2 aliphatic carbocycles. The van der Waals surface area contributed by atoms with Crippen molar-refractivity contribution in [1.82, 2.24) is 9.88 Å². The van der Waals surface area contributed by atoms with Crippen LogP contribution in [-0.2, 0) is 16.6 Å². The second-order valence-corrected chi connectivity index (χ2v) is 14.0. The third kappa shape index (κ3) is 8.60. The summed E-state index contributed by atoms with van der Waals surface area (Å²) >= 11 is 8.19. The Hall–Kier alpha value is -2.70. The largest absolute Gasteiger partial charge is 0.490 e. The van der Waals surface area contributed by atoms with Gasteiger partial charge in [0.25, 0.3) is 0 Å². The summed E-state index contributed by atoms with van der Waals surface area (Å²) in [5.74, 6) is 1.19. The second kappa shape index (κ2) is 15.5. The number of aliphatic hydroxyl groups excluding tert-OH is 5. The number of nitrogens with zero attached hydrogens (tertiary/aromatic N) is 2. The highest BCUT2D eigenvalue weighted by molar-refractivity contribution is 7.99. The van der Waals surface area contributed by atoms with E-state index in [1.807, 2.05) is 30.6 Å². The SMILES string of the molecule is CN(C[C@H](O)[C@@H](O)[C@H](O)[C@H](O)CO)C(=O)CCSc1ccc(Cl)c(CCC2(c3cnccc3-c3ccccc3OC3CC3)CC2)c1. The fraction of sp³-hybridized carbons (Fsp3) is 0.486. The fourth-order valence-electron chi connectivity index (χ4n) is 5.72. The zero-order valence-electron chi connectivity index (χ0n) is 26.0. The van der Waals surface area contributed by atoms with Gasteiger partial charge in [0.2, 0.25) is 5.91 Å². The van der Waals surface area contributed by atoms with E-state index in [0.717, 1.165) is 60.3 Å². The highest BCUT2D eigenvalue weighted by Gasteiger charge is 2.45. The molecular formula is C35H43ClN2O7S. The first-order valence-electron chi connectivity index (χ1n) is 15.8. The molecule has 5 rings (SSSR count). The van der Waals surface area contributed by atoms with Crippen LogP contribution in [0.25, 0.3) is 11.1 Å². The summed E-state index contributed by atoms with van der Waals surface area (Å²) in [4.78, 5) is 19.5. The average Bonchev–Trinajstić information content (AvgIpc) is 4.01. The predicted octanol–water partition coefficient (Wildman–Crippen LogP) is 3.98. The quantitative estimate of drug-likeness (QED) is 0.135. The maximum Gasteiger partial charge on any atom is 0.223 e. The van der Waals surface area contributed by atoms with Gasteiger partial charge in [-0.3, -0.25) is 9.78 Å². The molecule has 11 heteroatoms. The van der Waals surface area contributed by atoms with Crippen molar-refractivity contribution in [2.45, 2.75) is 85.8 Å². The van der Waals surface area contributed by atoms with Gasteiger partial charge in [-0.05, 0) is 91.0 Å². The fourth-order valence-corrected chi connectivity index (χ4v) is 6.84. The molecule has 0 saturated heterocycles. The highest BCUT2D eigenvalue weighted by atomic mass is 35.5. The lowest BCUT2D eigenvalue weighted by atomic mass is 9.85. The van der Waals surface area contributed by atoms with E-state index >= 15 is 0 Å². The Bertz CT molecular complexity index is 1480. The smallest absolute Gasteiger partial charge is 0.223 e. The van der Waals surface area contributed by atoms with Crippen LogP contribution >= 0.6 is 23.4 Å². The molecule has 1 heterocycles. The Morgan fingerprint density at radius 3 is 2.52 bits per heavy atom. The van der Waals surface area contributed by atoms with E-state index < -0.39 is 31.0 Å². The van der Waals surface area contributed by atoms with Gasteiger partial charge in [-0.15, -0.1) is 11.8 Å². The van der Waals surface area contributed by atoms with Crippen molar-refractivity contribution in [1.29, 1.82) is 0 Å². The predicted molar refractivity (Wildman–Crippen MR) is 178 cm³/mol. The van der Waals surface area contributed by atoms with Crippen molar-refractivity contribution in [3.8, 4) is 16.9 Å². The van der Waals surface area contributed by atoms with Crippen LogP contribution < -0.4 is 4.74 Å². The number of hydrogen-bond donors (Lipinski definition) is 5. The number of para-hydroxylation sites is 1. The summed E-state index contributed by atoms with van der Waals surface area (Å²) in [5.41, 5.74) is 4.63. The minimum Gasteiger partial charge on any atom is -0.490 e. The Balaban J connectivity index is 1.17. The van der Waals surface area contributed by atoms with Crippen LogP contribution in [0.4, 0.5) is 0 Å². The summed E-state index contributed by atoms with van der Waals surface area (Å²) in [6, 6.07) is 16.3. The molecule has 0 aliphatic heterocycles. The van der Waals surface area contributed by atoms with Gasteiger partial charge in [-0.1, -0.05) is 29.8 Å². The summed E-state index contributed by atoms with van der Waals surface area (Å²) in [7, 11) is 1.50. The molecule has 2 aromatic carbocycles. The summed E-state index contributed by atoms with van der Waals surface area (Å²) in [5, 5.41) is 49.2. The van der Waals surface area contributed by atoms with Gasteiger partial charge in [0.15, 0.2) is 0 Å². The first kappa shape index (κ1) is 34.6. The third-order valence-corrected chi connectivity index (χ3v) is 10.3. The highest BCUT2D eigenvalue weighted by Crippen LogP contribution is 2.55. The monoisotopic (exact) mass is 670 g/mol. The molecule has 0 unspecified atom stereocenters. The topological polar surface area (TPSA) is 144 Å². The number of aliphatic hydroxyl groups is 5. The van der Waals surface area contributed by atoms with E-state index in [-0.39, 0.29) is 24.3 Å². The molecule has 2 aliphatic rings. The Kier molecular flexibility index (Phi) is 11.6. The van der Waals surface area contributed by atoms with Crippen LogP contribution in [0.3, 0.4) is 0 Å². The number of hydrogen-bond acceptors (Lipinski definition) is 9. The zero-order valence-corrected chi connectivity index (χ0v) is 27.5. The first-order valence-corrected chi connectivity index (χ1v) is 17.2. The summed E-state index contributed by atoms with van der Waals surface area (Å²) in [6.07, 6.45) is 3.98. The zero-order chi connectivity index (χ0) is 32.8. The van der Waals surface area contributed by atoms with Crippen LogP contribution in [-0.4, -0.2) is 97.8 Å². The molecular weight excluding hydrogens is 628 g/mol. The van der Waals surface area contributed by atoms with Gasteiger partial charge in [0, 0.05) is 53.6 Å². The van der Waals surface area contributed by atoms with Gasteiger partial charge in [-0.2, -0.15) is 0 Å². The molecule has 1 amide bonds. The Morgan fingerprint density at radius 1 is 1.07 bits per heavy atom. The van der Waals surface area contributed by atoms with Gasteiger partial charge >= 0.3 is 0 Å². The van der Waals surface area contributed by atoms with Crippen molar-refractivity contribution in [2.75, 3.05) is 26.0 Å². The van der Waals surface area contributed by atoms with Crippen LogP contribution in [0.15, 0.2) is 65.8 Å². The molecule has 1 aromatic heterocycles. The van der Waals surface area contributed by atoms with E-state index in [0.29, 0.717) is 16.9 Å². The first-order chi connectivity index (χ1) is 22.1. The number of pyridine rings is 1. The van der Waals surface area contributed by atoms with Crippen molar-refractivity contribution < 1.29 is 35.1 Å². The molecule has 248 valence electrons. The number of aromatic nitrogens is 1. The number of rotatable bonds is 17. The van der Waals surface area contributed by atoms with Crippen LogP contribution in [0, 0.1) is 0 Å². The Labute approximate surface area is 279 Å². The molecule has 0 bridgehead atoms. The van der Waals surface area contributed by atoms with Crippen molar-refractivity contribution in [3.05, 3.63) is 77.1 Å². The molecule has 9 nitrogen and oxygen atoms in total.